The average Bonchev–Trinajstić information content (AvgIpc) is 3.05. The van der Waals surface area contributed by atoms with E-state index in [1.54, 1.807) is 9.80 Å². The molecule has 3 aliphatic rings. The highest BCUT2D eigenvalue weighted by atomic mass is 35.5. The maximum absolute atomic E-state index is 15.1. The third kappa shape index (κ3) is 4.69. The number of aromatic hydroxyl groups is 1. The standard InChI is InChI=1S/C28H33ClFN5O4/c1-5-20(37)32-11-13-35-17(14-32)15-39-25-22(27(35)38)26(33-10-12-34(6-2)28(3,4)16-33)31-24(23(25)29)21-18(30)8-7-9-19(21)36/h5,7-9,17,36H,1,6,10-16H2,2-4H3/t17-/m1/s1. The van der Waals surface area contributed by atoms with Crippen LogP contribution in [0.5, 0.6) is 11.5 Å². The number of carbonyl (C=O) groups is 2. The molecule has 2 amide bonds. The van der Waals surface area contributed by atoms with E-state index < -0.39 is 11.9 Å². The van der Waals surface area contributed by atoms with Crippen LogP contribution in [0.25, 0.3) is 11.3 Å². The van der Waals surface area contributed by atoms with Crippen molar-refractivity contribution in [3.63, 3.8) is 0 Å². The number of rotatable bonds is 4. The highest BCUT2D eigenvalue weighted by Crippen LogP contribution is 2.46. The van der Waals surface area contributed by atoms with Gasteiger partial charge in [0.05, 0.1) is 11.6 Å². The third-order valence-corrected chi connectivity index (χ3v) is 8.27. The number of fused-ring (bicyclic) bond motifs is 2. The molecule has 2 aromatic rings. The van der Waals surface area contributed by atoms with Gasteiger partial charge in [0.25, 0.3) is 5.91 Å². The summed E-state index contributed by atoms with van der Waals surface area (Å²) in [4.78, 5) is 38.9. The summed E-state index contributed by atoms with van der Waals surface area (Å²) in [6.07, 6.45) is 1.26. The summed E-state index contributed by atoms with van der Waals surface area (Å²) in [6.45, 7) is 13.7. The maximum Gasteiger partial charge on any atom is 0.261 e. The van der Waals surface area contributed by atoms with Gasteiger partial charge in [0, 0.05) is 44.8 Å². The molecule has 0 radical (unpaired) electrons. The number of ether oxygens (including phenoxy) is 1. The van der Waals surface area contributed by atoms with E-state index in [9.17, 15) is 14.7 Å². The van der Waals surface area contributed by atoms with E-state index in [1.165, 1.54) is 24.3 Å². The summed E-state index contributed by atoms with van der Waals surface area (Å²) in [6, 6.07) is 3.57. The molecule has 9 nitrogen and oxygen atoms in total. The number of hydrogen-bond acceptors (Lipinski definition) is 7. The third-order valence-electron chi connectivity index (χ3n) is 7.92. The van der Waals surface area contributed by atoms with E-state index in [4.69, 9.17) is 21.3 Å². The Morgan fingerprint density at radius 1 is 1.28 bits per heavy atom. The Kier molecular flexibility index (Phi) is 7.19. The lowest BCUT2D eigenvalue weighted by molar-refractivity contribution is -0.128. The number of likely N-dealkylation sites (N-methyl/N-ethyl adjacent to an activating group) is 1. The van der Waals surface area contributed by atoms with Gasteiger partial charge in [-0.15, -0.1) is 0 Å². The predicted molar refractivity (Wildman–Crippen MR) is 147 cm³/mol. The van der Waals surface area contributed by atoms with Crippen LogP contribution in [0, 0.1) is 5.82 Å². The second-order valence-electron chi connectivity index (χ2n) is 10.7. The molecule has 0 spiro atoms. The fourth-order valence-corrected chi connectivity index (χ4v) is 6.16. The van der Waals surface area contributed by atoms with Gasteiger partial charge in [-0.05, 0) is 38.6 Å². The molecule has 1 atom stereocenters. The Labute approximate surface area is 232 Å². The number of anilines is 1. The zero-order chi connectivity index (χ0) is 28.1. The first-order chi connectivity index (χ1) is 18.6. The summed E-state index contributed by atoms with van der Waals surface area (Å²) < 4.78 is 21.3. The molecule has 5 rings (SSSR count). The van der Waals surface area contributed by atoms with Gasteiger partial charge < -0.3 is 24.5 Å². The second kappa shape index (κ2) is 10.3. The zero-order valence-electron chi connectivity index (χ0n) is 22.4. The van der Waals surface area contributed by atoms with Crippen molar-refractivity contribution < 1.29 is 23.8 Å². The van der Waals surface area contributed by atoms with Crippen LogP contribution < -0.4 is 9.64 Å². The normalized spacial score (nSPS) is 21.1. The monoisotopic (exact) mass is 557 g/mol. The van der Waals surface area contributed by atoms with Gasteiger partial charge in [-0.2, -0.15) is 0 Å². The van der Waals surface area contributed by atoms with E-state index in [-0.39, 0.29) is 63.8 Å². The number of piperazine rings is 2. The van der Waals surface area contributed by atoms with Gasteiger partial charge in [0.15, 0.2) is 5.75 Å². The number of phenolic OH excluding ortho intramolecular Hbond substituents is 1. The molecule has 0 aliphatic carbocycles. The number of nitrogens with zero attached hydrogens (tertiary/aromatic N) is 5. The number of amides is 2. The highest BCUT2D eigenvalue weighted by Gasteiger charge is 2.42. The van der Waals surface area contributed by atoms with Crippen LogP contribution in [0.2, 0.25) is 5.02 Å². The van der Waals surface area contributed by atoms with Gasteiger partial charge in [-0.3, -0.25) is 14.5 Å². The molecular weight excluding hydrogens is 525 g/mol. The summed E-state index contributed by atoms with van der Waals surface area (Å²) >= 11 is 6.81. The molecule has 2 saturated heterocycles. The summed E-state index contributed by atoms with van der Waals surface area (Å²) in [5, 5.41) is 10.5. The quantitative estimate of drug-likeness (QED) is 0.576. The van der Waals surface area contributed by atoms with Crippen LogP contribution in [0.15, 0.2) is 30.9 Å². The number of halogens is 2. The fraction of sp³-hybridized carbons (Fsp3) is 0.464. The number of hydrogen-bond donors (Lipinski definition) is 1. The average molecular weight is 558 g/mol. The van der Waals surface area contributed by atoms with E-state index in [2.05, 4.69) is 32.3 Å². The first-order valence-corrected chi connectivity index (χ1v) is 13.5. The van der Waals surface area contributed by atoms with Crippen LogP contribution in [-0.4, -0.2) is 101 Å². The summed E-state index contributed by atoms with van der Waals surface area (Å²) in [7, 11) is 0. The summed E-state index contributed by atoms with van der Waals surface area (Å²) in [5.74, 6) is -1.08. The van der Waals surface area contributed by atoms with Gasteiger partial charge in [0.1, 0.15) is 40.3 Å². The first-order valence-electron chi connectivity index (χ1n) is 13.1. The minimum Gasteiger partial charge on any atom is -0.507 e. The van der Waals surface area contributed by atoms with Crippen molar-refractivity contribution in [1.82, 2.24) is 19.7 Å². The molecule has 1 N–H and O–H groups in total. The van der Waals surface area contributed by atoms with Gasteiger partial charge in [-0.25, -0.2) is 9.37 Å². The number of pyridine rings is 1. The van der Waals surface area contributed by atoms with Gasteiger partial charge in [-0.1, -0.05) is 31.2 Å². The molecule has 3 aliphatic heterocycles. The van der Waals surface area contributed by atoms with Crippen molar-refractivity contribution in [2.24, 2.45) is 0 Å². The maximum atomic E-state index is 15.1. The molecule has 0 unspecified atom stereocenters. The molecule has 39 heavy (non-hydrogen) atoms. The van der Waals surface area contributed by atoms with Crippen molar-refractivity contribution in [2.75, 3.05) is 57.3 Å². The highest BCUT2D eigenvalue weighted by molar-refractivity contribution is 6.35. The second-order valence-corrected chi connectivity index (χ2v) is 11.1. The number of benzene rings is 1. The Hall–Kier alpha value is -3.37. The number of carbonyl (C=O) groups excluding carboxylic acids is 2. The van der Waals surface area contributed by atoms with Crippen LogP contribution in [-0.2, 0) is 4.79 Å². The molecule has 208 valence electrons. The lowest BCUT2D eigenvalue weighted by Gasteiger charge is -2.47. The van der Waals surface area contributed by atoms with Crippen LogP contribution >= 0.6 is 11.6 Å². The fourth-order valence-electron chi connectivity index (χ4n) is 5.87. The molecule has 0 bridgehead atoms. The smallest absolute Gasteiger partial charge is 0.261 e. The molecule has 4 heterocycles. The predicted octanol–water partition coefficient (Wildman–Crippen LogP) is 3.40. The van der Waals surface area contributed by atoms with Crippen LogP contribution in [0.1, 0.15) is 31.1 Å². The van der Waals surface area contributed by atoms with Gasteiger partial charge in [0.2, 0.25) is 5.91 Å². The first kappa shape index (κ1) is 27.2. The van der Waals surface area contributed by atoms with Crippen LogP contribution in [0.3, 0.4) is 0 Å². The van der Waals surface area contributed by atoms with E-state index >= 15 is 4.39 Å². The topological polar surface area (TPSA) is 89.5 Å². The van der Waals surface area contributed by atoms with Crippen molar-refractivity contribution in [2.45, 2.75) is 32.4 Å². The number of aromatic nitrogens is 1. The Morgan fingerprint density at radius 2 is 2.05 bits per heavy atom. The molecule has 2 fully saturated rings. The molecule has 11 heteroatoms. The minimum absolute atomic E-state index is 0.00729. The molecule has 0 saturated carbocycles. The van der Waals surface area contributed by atoms with Gasteiger partial charge >= 0.3 is 0 Å². The van der Waals surface area contributed by atoms with Crippen LogP contribution in [0.4, 0.5) is 10.2 Å². The van der Waals surface area contributed by atoms with Crippen molar-refractivity contribution in [3.8, 4) is 22.8 Å². The summed E-state index contributed by atoms with van der Waals surface area (Å²) in [5.41, 5.74) is -0.159. The number of phenols is 1. The Balaban J connectivity index is 1.66. The largest absolute Gasteiger partial charge is 0.507 e. The SMILES string of the molecule is C=CC(=O)N1CCN2C(=O)c3c(N4CCN(CC)C(C)(C)C4)nc(-c4c(O)cccc4F)c(Cl)c3OC[C@H]2C1. The Bertz CT molecular complexity index is 1320. The Morgan fingerprint density at radius 3 is 2.72 bits per heavy atom. The van der Waals surface area contributed by atoms with E-state index in [1.807, 2.05) is 4.90 Å². The van der Waals surface area contributed by atoms with Crippen molar-refractivity contribution in [3.05, 3.63) is 47.3 Å². The molecular formula is C28H33ClFN5O4. The van der Waals surface area contributed by atoms with Crippen molar-refractivity contribution in [1.29, 1.82) is 0 Å². The lowest BCUT2D eigenvalue weighted by atomic mass is 9.98. The lowest BCUT2D eigenvalue weighted by Crippen LogP contribution is -2.60. The van der Waals surface area contributed by atoms with E-state index in [0.29, 0.717) is 32.0 Å². The van der Waals surface area contributed by atoms with E-state index in [0.717, 1.165) is 13.1 Å². The van der Waals surface area contributed by atoms with Crippen molar-refractivity contribution >= 4 is 29.2 Å². The molecule has 1 aromatic carbocycles. The molecule has 1 aromatic heterocycles. The minimum atomic E-state index is -0.692. The zero-order valence-corrected chi connectivity index (χ0v) is 23.2.